The first kappa shape index (κ1) is 10.4. The topological polar surface area (TPSA) is 54.0 Å². The summed E-state index contributed by atoms with van der Waals surface area (Å²) >= 11 is 3.27. The molecule has 1 aliphatic carbocycles. The van der Waals surface area contributed by atoms with Crippen LogP contribution in [0.15, 0.2) is 22.8 Å². The Kier molecular flexibility index (Phi) is 3.20. The predicted octanol–water partition coefficient (Wildman–Crippen LogP) is 1.53. The maximum atomic E-state index is 11.3. The van der Waals surface area contributed by atoms with E-state index in [1.54, 1.807) is 0 Å². The monoisotopic (exact) mass is 269 g/mol. The van der Waals surface area contributed by atoms with E-state index in [4.69, 9.17) is 0 Å². The highest BCUT2D eigenvalue weighted by Gasteiger charge is 2.22. The van der Waals surface area contributed by atoms with Crippen LogP contribution < -0.4 is 10.6 Å². The van der Waals surface area contributed by atoms with Gasteiger partial charge in [-0.3, -0.25) is 4.79 Å². The molecule has 1 aliphatic rings. The van der Waals surface area contributed by atoms with Crippen LogP contribution in [0.5, 0.6) is 0 Å². The Morgan fingerprint density at radius 1 is 1.53 bits per heavy atom. The van der Waals surface area contributed by atoms with Crippen LogP contribution in [-0.2, 0) is 4.79 Å². The molecule has 0 spiro atoms. The quantitative estimate of drug-likeness (QED) is 0.816. The number of hydrogen-bond acceptors (Lipinski definition) is 3. The van der Waals surface area contributed by atoms with Gasteiger partial charge in [-0.2, -0.15) is 0 Å². The number of nitrogens with one attached hydrogen (secondary N) is 2. The molecule has 2 rings (SSSR count). The highest BCUT2D eigenvalue weighted by atomic mass is 79.9. The van der Waals surface area contributed by atoms with E-state index in [2.05, 4.69) is 31.5 Å². The third kappa shape index (κ3) is 3.51. The molecule has 1 amide bonds. The Hall–Kier alpha value is -1.10. The Morgan fingerprint density at radius 2 is 2.33 bits per heavy atom. The van der Waals surface area contributed by atoms with E-state index in [1.807, 2.05) is 18.2 Å². The van der Waals surface area contributed by atoms with Crippen LogP contribution in [0.25, 0.3) is 0 Å². The average molecular weight is 270 g/mol. The third-order valence-electron chi connectivity index (χ3n) is 2.09. The molecule has 1 heterocycles. The molecular weight excluding hydrogens is 258 g/mol. The van der Waals surface area contributed by atoms with Crippen molar-refractivity contribution in [3.63, 3.8) is 0 Å². The highest BCUT2D eigenvalue weighted by molar-refractivity contribution is 9.10. The van der Waals surface area contributed by atoms with Gasteiger partial charge in [-0.1, -0.05) is 6.07 Å². The van der Waals surface area contributed by atoms with Gasteiger partial charge in [-0.05, 0) is 40.9 Å². The molecule has 2 N–H and O–H groups in total. The van der Waals surface area contributed by atoms with Crippen LogP contribution in [0, 0.1) is 0 Å². The van der Waals surface area contributed by atoms with E-state index in [0.717, 1.165) is 17.4 Å². The summed E-state index contributed by atoms with van der Waals surface area (Å²) in [6, 6.07) is 5.96. The second-order valence-electron chi connectivity index (χ2n) is 3.54. The van der Waals surface area contributed by atoms with Crippen molar-refractivity contribution in [2.75, 3.05) is 11.9 Å². The van der Waals surface area contributed by atoms with Gasteiger partial charge in [-0.25, -0.2) is 4.98 Å². The van der Waals surface area contributed by atoms with Gasteiger partial charge >= 0.3 is 0 Å². The van der Waals surface area contributed by atoms with Gasteiger partial charge in [0, 0.05) is 6.04 Å². The number of carbonyl (C=O) groups excluding carboxylic acids is 1. The van der Waals surface area contributed by atoms with Crippen LogP contribution in [0.2, 0.25) is 0 Å². The fraction of sp³-hybridized carbons (Fsp3) is 0.400. The van der Waals surface area contributed by atoms with E-state index in [9.17, 15) is 4.79 Å². The van der Waals surface area contributed by atoms with Crippen molar-refractivity contribution in [2.24, 2.45) is 0 Å². The number of aromatic nitrogens is 1. The molecule has 80 valence electrons. The molecule has 0 saturated heterocycles. The van der Waals surface area contributed by atoms with E-state index >= 15 is 0 Å². The van der Waals surface area contributed by atoms with Crippen LogP contribution in [-0.4, -0.2) is 23.5 Å². The number of amides is 1. The van der Waals surface area contributed by atoms with E-state index in [1.165, 1.54) is 0 Å². The summed E-state index contributed by atoms with van der Waals surface area (Å²) < 4.78 is 0.759. The summed E-state index contributed by atoms with van der Waals surface area (Å²) in [4.78, 5) is 15.5. The van der Waals surface area contributed by atoms with Crippen molar-refractivity contribution in [2.45, 2.75) is 18.9 Å². The molecule has 0 aliphatic heterocycles. The smallest absolute Gasteiger partial charge is 0.239 e. The van der Waals surface area contributed by atoms with Gasteiger partial charge in [0.05, 0.1) is 6.54 Å². The predicted molar refractivity (Wildman–Crippen MR) is 61.6 cm³/mol. The van der Waals surface area contributed by atoms with Gasteiger partial charge in [0.2, 0.25) is 5.91 Å². The molecule has 5 heteroatoms. The lowest BCUT2D eigenvalue weighted by Crippen LogP contribution is -2.31. The van der Waals surface area contributed by atoms with Crippen LogP contribution in [0.4, 0.5) is 5.82 Å². The molecule has 0 bridgehead atoms. The van der Waals surface area contributed by atoms with Gasteiger partial charge < -0.3 is 10.6 Å². The van der Waals surface area contributed by atoms with Gasteiger partial charge in [0.25, 0.3) is 0 Å². The normalized spacial score (nSPS) is 14.7. The first-order valence-electron chi connectivity index (χ1n) is 4.90. The lowest BCUT2D eigenvalue weighted by atomic mass is 10.4. The van der Waals surface area contributed by atoms with Crippen molar-refractivity contribution in [1.82, 2.24) is 10.3 Å². The molecule has 0 aromatic carbocycles. The van der Waals surface area contributed by atoms with Gasteiger partial charge in [-0.15, -0.1) is 0 Å². The third-order valence-corrected chi connectivity index (χ3v) is 2.53. The van der Waals surface area contributed by atoms with Crippen molar-refractivity contribution < 1.29 is 4.79 Å². The van der Waals surface area contributed by atoms with Crippen LogP contribution in [0.1, 0.15) is 12.8 Å². The number of pyridine rings is 1. The molecule has 0 atom stereocenters. The lowest BCUT2D eigenvalue weighted by molar-refractivity contribution is -0.119. The number of anilines is 1. The zero-order valence-corrected chi connectivity index (χ0v) is 9.75. The number of halogens is 1. The minimum atomic E-state index is 0.0271. The van der Waals surface area contributed by atoms with E-state index < -0.39 is 0 Å². The zero-order valence-electron chi connectivity index (χ0n) is 8.16. The maximum absolute atomic E-state index is 11.3. The first-order chi connectivity index (χ1) is 7.24. The van der Waals surface area contributed by atoms with Crippen molar-refractivity contribution in [1.29, 1.82) is 0 Å². The summed E-state index contributed by atoms with van der Waals surface area (Å²) in [5.74, 6) is 0.731. The minimum absolute atomic E-state index is 0.0271. The second-order valence-corrected chi connectivity index (χ2v) is 4.35. The Bertz CT molecular complexity index is 365. The summed E-state index contributed by atoms with van der Waals surface area (Å²) in [5.41, 5.74) is 0. The van der Waals surface area contributed by atoms with Crippen molar-refractivity contribution in [3.05, 3.63) is 22.8 Å². The van der Waals surface area contributed by atoms with Gasteiger partial charge in [0.15, 0.2) is 0 Å². The molecular formula is C10H12BrN3O. The average Bonchev–Trinajstić information content (AvgIpc) is 2.99. The maximum Gasteiger partial charge on any atom is 0.239 e. The molecule has 1 aromatic heterocycles. The van der Waals surface area contributed by atoms with Crippen molar-refractivity contribution in [3.8, 4) is 0 Å². The first-order valence-corrected chi connectivity index (χ1v) is 5.69. The molecule has 0 radical (unpaired) electrons. The molecule has 1 saturated carbocycles. The molecule has 0 unspecified atom stereocenters. The highest BCUT2D eigenvalue weighted by Crippen LogP contribution is 2.18. The fourth-order valence-electron chi connectivity index (χ4n) is 1.18. The number of nitrogens with zero attached hydrogens (tertiary/aromatic N) is 1. The standard InChI is InChI=1S/C10H12BrN3O/c11-8-2-1-3-9(14-8)12-6-10(15)13-7-4-5-7/h1-3,7H,4-6H2,(H,12,14)(H,13,15). The van der Waals surface area contributed by atoms with Crippen molar-refractivity contribution >= 4 is 27.7 Å². The molecule has 1 fully saturated rings. The van der Waals surface area contributed by atoms with E-state index in [0.29, 0.717) is 11.9 Å². The van der Waals surface area contributed by atoms with Crippen LogP contribution in [0.3, 0.4) is 0 Å². The summed E-state index contributed by atoms with van der Waals surface area (Å²) in [6.07, 6.45) is 2.22. The Morgan fingerprint density at radius 3 is 3.00 bits per heavy atom. The fourth-order valence-corrected chi connectivity index (χ4v) is 1.53. The number of carbonyl (C=O) groups is 1. The Labute approximate surface area is 96.6 Å². The second kappa shape index (κ2) is 4.61. The SMILES string of the molecule is O=C(CNc1cccc(Br)n1)NC1CC1. The number of rotatable bonds is 4. The lowest BCUT2D eigenvalue weighted by Gasteiger charge is -2.05. The summed E-state index contributed by atoms with van der Waals surface area (Å²) in [7, 11) is 0. The summed E-state index contributed by atoms with van der Waals surface area (Å²) in [5, 5.41) is 5.86. The van der Waals surface area contributed by atoms with E-state index in [-0.39, 0.29) is 12.5 Å². The summed E-state index contributed by atoms with van der Waals surface area (Å²) in [6.45, 7) is 0.278. The zero-order chi connectivity index (χ0) is 10.7. The minimum Gasteiger partial charge on any atom is -0.361 e. The van der Waals surface area contributed by atoms with Gasteiger partial charge in [0.1, 0.15) is 10.4 Å². The Balaban J connectivity index is 1.78. The number of hydrogen-bond donors (Lipinski definition) is 2. The molecule has 1 aromatic rings. The molecule has 15 heavy (non-hydrogen) atoms. The molecule has 4 nitrogen and oxygen atoms in total. The largest absolute Gasteiger partial charge is 0.361 e. The van der Waals surface area contributed by atoms with Crippen LogP contribution >= 0.6 is 15.9 Å².